The summed E-state index contributed by atoms with van der Waals surface area (Å²) in [7, 11) is 1.82. The second kappa shape index (κ2) is 9.17. The first-order valence-electron chi connectivity index (χ1n) is 9.55. The summed E-state index contributed by atoms with van der Waals surface area (Å²) >= 11 is 0. The molecule has 2 aromatic carbocycles. The monoisotopic (exact) mass is 378 g/mol. The average molecular weight is 378 g/mol. The Morgan fingerprint density at radius 1 is 1.14 bits per heavy atom. The van der Waals surface area contributed by atoms with Crippen LogP contribution < -0.4 is 4.74 Å². The molecule has 1 heterocycles. The molecule has 0 spiro atoms. The van der Waals surface area contributed by atoms with E-state index in [2.05, 4.69) is 17.0 Å². The molecule has 1 atom stereocenters. The van der Waals surface area contributed by atoms with E-state index in [0.717, 1.165) is 29.8 Å². The molecule has 0 saturated heterocycles. The van der Waals surface area contributed by atoms with E-state index in [9.17, 15) is 4.79 Å². The lowest BCUT2D eigenvalue weighted by Gasteiger charge is -2.25. The smallest absolute Gasteiger partial charge is 0.254 e. The van der Waals surface area contributed by atoms with Crippen LogP contribution in [0.5, 0.6) is 5.75 Å². The third-order valence-corrected chi connectivity index (χ3v) is 4.83. The van der Waals surface area contributed by atoms with Gasteiger partial charge in [-0.15, -0.1) is 0 Å². The van der Waals surface area contributed by atoms with Gasteiger partial charge in [-0.25, -0.2) is 9.67 Å². The van der Waals surface area contributed by atoms with Crippen LogP contribution in [-0.4, -0.2) is 39.2 Å². The Morgan fingerprint density at radius 2 is 1.86 bits per heavy atom. The van der Waals surface area contributed by atoms with Gasteiger partial charge in [0, 0.05) is 12.6 Å². The summed E-state index contributed by atoms with van der Waals surface area (Å²) < 4.78 is 7.37. The minimum absolute atomic E-state index is 0.0204. The van der Waals surface area contributed by atoms with Gasteiger partial charge in [0.25, 0.3) is 5.91 Å². The molecule has 0 radical (unpaired) electrons. The molecule has 0 unspecified atom stereocenters. The van der Waals surface area contributed by atoms with Crippen molar-refractivity contribution in [1.29, 1.82) is 0 Å². The highest BCUT2D eigenvalue weighted by Gasteiger charge is 2.19. The zero-order chi connectivity index (χ0) is 19.9. The maximum absolute atomic E-state index is 12.8. The molecule has 0 aliphatic rings. The highest BCUT2D eigenvalue weighted by molar-refractivity contribution is 5.94. The molecule has 0 fully saturated rings. The molecule has 6 heteroatoms. The molecule has 1 aromatic heterocycles. The lowest BCUT2D eigenvalue weighted by Crippen LogP contribution is -2.29. The summed E-state index contributed by atoms with van der Waals surface area (Å²) in [5.74, 6) is 0.775. The van der Waals surface area contributed by atoms with Crippen LogP contribution in [0.4, 0.5) is 0 Å². The molecule has 146 valence electrons. The number of nitrogens with zero attached hydrogens (tertiary/aromatic N) is 4. The van der Waals surface area contributed by atoms with Gasteiger partial charge < -0.3 is 9.64 Å². The molecule has 0 aliphatic carbocycles. The molecule has 3 aromatic rings. The van der Waals surface area contributed by atoms with Gasteiger partial charge in [-0.05, 0) is 55.3 Å². The van der Waals surface area contributed by atoms with Crippen molar-refractivity contribution in [2.45, 2.75) is 32.7 Å². The summed E-state index contributed by atoms with van der Waals surface area (Å²) in [6, 6.07) is 15.3. The number of hydrogen-bond donors (Lipinski definition) is 0. The molecule has 28 heavy (non-hydrogen) atoms. The van der Waals surface area contributed by atoms with Crippen LogP contribution >= 0.6 is 0 Å². The first kappa shape index (κ1) is 19.6. The second-order valence-corrected chi connectivity index (χ2v) is 6.75. The molecule has 1 amide bonds. The van der Waals surface area contributed by atoms with Crippen LogP contribution in [0, 0.1) is 0 Å². The van der Waals surface area contributed by atoms with Gasteiger partial charge in [0.1, 0.15) is 18.4 Å². The summed E-state index contributed by atoms with van der Waals surface area (Å²) in [6.45, 7) is 4.85. The van der Waals surface area contributed by atoms with E-state index in [4.69, 9.17) is 4.74 Å². The topological polar surface area (TPSA) is 60.2 Å². The third kappa shape index (κ3) is 4.57. The maximum Gasteiger partial charge on any atom is 0.254 e. The zero-order valence-electron chi connectivity index (χ0n) is 16.6. The van der Waals surface area contributed by atoms with E-state index in [1.807, 2.05) is 62.5 Å². The first-order chi connectivity index (χ1) is 13.6. The van der Waals surface area contributed by atoms with Gasteiger partial charge in [0.2, 0.25) is 0 Å². The summed E-state index contributed by atoms with van der Waals surface area (Å²) in [5, 5.41) is 4.13. The quantitative estimate of drug-likeness (QED) is 0.549. The van der Waals surface area contributed by atoms with Crippen molar-refractivity contribution in [3.05, 3.63) is 72.3 Å². The number of ether oxygens (including phenoxy) is 1. The number of rotatable bonds is 8. The molecular weight excluding hydrogens is 352 g/mol. The molecule has 0 N–H and O–H groups in total. The van der Waals surface area contributed by atoms with Gasteiger partial charge in [0.05, 0.1) is 18.3 Å². The maximum atomic E-state index is 12.8. The SMILES string of the molecule is CCCCOc1ccc(C(=O)N(C)[C@@H](C)c2ccc(-n3cncn3)cc2)cc1. The third-order valence-electron chi connectivity index (χ3n) is 4.83. The lowest BCUT2D eigenvalue weighted by molar-refractivity contribution is 0.0742. The van der Waals surface area contributed by atoms with Crippen molar-refractivity contribution in [2.24, 2.45) is 0 Å². The number of carbonyl (C=O) groups excluding carboxylic acids is 1. The Morgan fingerprint density at radius 3 is 2.46 bits per heavy atom. The van der Waals surface area contributed by atoms with Crippen LogP contribution in [0.3, 0.4) is 0 Å². The van der Waals surface area contributed by atoms with Crippen molar-refractivity contribution < 1.29 is 9.53 Å². The minimum atomic E-state index is -0.0576. The van der Waals surface area contributed by atoms with Crippen LogP contribution in [-0.2, 0) is 0 Å². The molecule has 0 saturated carbocycles. The Balaban J connectivity index is 1.65. The molecule has 6 nitrogen and oxygen atoms in total. The van der Waals surface area contributed by atoms with Crippen LogP contribution in [0.1, 0.15) is 48.7 Å². The number of hydrogen-bond acceptors (Lipinski definition) is 4. The van der Waals surface area contributed by atoms with E-state index in [1.165, 1.54) is 6.33 Å². The van der Waals surface area contributed by atoms with E-state index in [0.29, 0.717) is 12.2 Å². The molecule has 0 bridgehead atoms. The Hall–Kier alpha value is -3.15. The van der Waals surface area contributed by atoms with Crippen molar-refractivity contribution in [3.63, 3.8) is 0 Å². The normalized spacial score (nSPS) is 11.8. The van der Waals surface area contributed by atoms with E-state index >= 15 is 0 Å². The zero-order valence-corrected chi connectivity index (χ0v) is 16.6. The van der Waals surface area contributed by atoms with E-state index in [-0.39, 0.29) is 11.9 Å². The number of aromatic nitrogens is 3. The standard InChI is InChI=1S/C22H26N4O2/c1-4-5-14-28-21-12-8-19(9-13-21)22(27)25(3)17(2)18-6-10-20(11-7-18)26-16-23-15-24-26/h6-13,15-17H,4-5,14H2,1-3H3/t17-/m0/s1. The highest BCUT2D eigenvalue weighted by atomic mass is 16.5. The summed E-state index contributed by atoms with van der Waals surface area (Å²) in [6.07, 6.45) is 5.28. The number of unbranched alkanes of at least 4 members (excludes halogenated alkanes) is 1. The van der Waals surface area contributed by atoms with E-state index in [1.54, 1.807) is 15.9 Å². The Bertz CT molecular complexity index is 874. The predicted molar refractivity (Wildman–Crippen MR) is 109 cm³/mol. The van der Waals surface area contributed by atoms with Gasteiger partial charge in [-0.2, -0.15) is 5.10 Å². The molecular formula is C22H26N4O2. The highest BCUT2D eigenvalue weighted by Crippen LogP contribution is 2.23. The van der Waals surface area contributed by atoms with Crippen molar-refractivity contribution >= 4 is 5.91 Å². The number of carbonyl (C=O) groups is 1. The lowest BCUT2D eigenvalue weighted by atomic mass is 10.1. The summed E-state index contributed by atoms with van der Waals surface area (Å²) in [5.41, 5.74) is 2.64. The van der Waals surface area contributed by atoms with Crippen molar-refractivity contribution in [3.8, 4) is 11.4 Å². The largest absolute Gasteiger partial charge is 0.494 e. The fourth-order valence-corrected chi connectivity index (χ4v) is 2.88. The Kier molecular flexibility index (Phi) is 6.42. The average Bonchev–Trinajstić information content (AvgIpc) is 3.28. The fourth-order valence-electron chi connectivity index (χ4n) is 2.88. The molecule has 3 rings (SSSR count). The number of benzene rings is 2. The summed E-state index contributed by atoms with van der Waals surface area (Å²) in [4.78, 5) is 18.6. The van der Waals surface area contributed by atoms with Gasteiger partial charge in [-0.3, -0.25) is 4.79 Å². The van der Waals surface area contributed by atoms with Gasteiger partial charge in [0.15, 0.2) is 0 Å². The minimum Gasteiger partial charge on any atom is -0.494 e. The van der Waals surface area contributed by atoms with Crippen molar-refractivity contribution in [2.75, 3.05) is 13.7 Å². The first-order valence-corrected chi connectivity index (χ1v) is 9.55. The Labute approximate surface area is 165 Å². The van der Waals surface area contributed by atoms with Gasteiger partial charge in [-0.1, -0.05) is 25.5 Å². The number of amides is 1. The van der Waals surface area contributed by atoms with E-state index < -0.39 is 0 Å². The van der Waals surface area contributed by atoms with Crippen molar-refractivity contribution in [1.82, 2.24) is 19.7 Å². The van der Waals surface area contributed by atoms with Crippen LogP contribution in [0.15, 0.2) is 61.2 Å². The van der Waals surface area contributed by atoms with Crippen LogP contribution in [0.25, 0.3) is 5.69 Å². The molecule has 0 aliphatic heterocycles. The predicted octanol–water partition coefficient (Wildman–Crippen LogP) is 4.28. The second-order valence-electron chi connectivity index (χ2n) is 6.75. The van der Waals surface area contributed by atoms with Crippen LogP contribution in [0.2, 0.25) is 0 Å². The van der Waals surface area contributed by atoms with Gasteiger partial charge >= 0.3 is 0 Å². The fraction of sp³-hybridized carbons (Fsp3) is 0.318.